The lowest BCUT2D eigenvalue weighted by molar-refractivity contribution is -0.385. The summed E-state index contributed by atoms with van der Waals surface area (Å²) in [7, 11) is 1.53. The second kappa shape index (κ2) is 10.4. The summed E-state index contributed by atoms with van der Waals surface area (Å²) in [5.74, 6) is 0.409. The van der Waals surface area contributed by atoms with Gasteiger partial charge in [0.25, 0.3) is 5.69 Å². The molecule has 10 heteroatoms. The summed E-state index contributed by atoms with van der Waals surface area (Å²) in [6, 6.07) is 15.4. The van der Waals surface area contributed by atoms with Crippen molar-refractivity contribution in [1.29, 1.82) is 0 Å². The minimum absolute atomic E-state index is 0.00827. The van der Waals surface area contributed by atoms with Gasteiger partial charge in [0.15, 0.2) is 17.2 Å². The van der Waals surface area contributed by atoms with E-state index in [1.54, 1.807) is 43.3 Å². The summed E-state index contributed by atoms with van der Waals surface area (Å²) in [6.45, 7) is 1.96. The molecule has 1 heterocycles. The van der Waals surface area contributed by atoms with Crippen molar-refractivity contribution in [1.82, 2.24) is 0 Å². The lowest BCUT2D eigenvalue weighted by Gasteiger charge is -2.14. The minimum atomic E-state index is -0.653. The third-order valence-corrected chi connectivity index (χ3v) is 6.18. The van der Waals surface area contributed by atoms with Gasteiger partial charge in [0.05, 0.1) is 15.6 Å². The van der Waals surface area contributed by atoms with Crippen LogP contribution in [0.3, 0.4) is 0 Å². The zero-order valence-corrected chi connectivity index (χ0v) is 21.5. The first-order valence-electron chi connectivity index (χ1n) is 10.3. The Morgan fingerprint density at radius 3 is 2.60 bits per heavy atom. The van der Waals surface area contributed by atoms with Crippen molar-refractivity contribution in [3.05, 3.63) is 101 Å². The van der Waals surface area contributed by atoms with Gasteiger partial charge in [0.1, 0.15) is 6.61 Å². The topological polar surface area (TPSA) is 100 Å². The molecule has 0 radical (unpaired) electrons. The van der Waals surface area contributed by atoms with Crippen LogP contribution in [0.4, 0.5) is 5.69 Å². The molecule has 0 atom stereocenters. The number of nitro benzene ring substituents is 1. The molecule has 0 amide bonds. The molecule has 0 spiro atoms. The van der Waals surface area contributed by atoms with Crippen LogP contribution in [-0.4, -0.2) is 23.9 Å². The second-order valence-electron chi connectivity index (χ2n) is 7.54. The molecule has 0 aliphatic carbocycles. The van der Waals surface area contributed by atoms with Crippen LogP contribution < -0.4 is 9.47 Å². The molecule has 3 aromatic carbocycles. The monoisotopic (exact) mass is 604 g/mol. The molecular weight excluding hydrogens is 587 g/mol. The quantitative estimate of drug-likeness (QED) is 0.106. The Labute approximate surface area is 219 Å². The van der Waals surface area contributed by atoms with Crippen molar-refractivity contribution in [3.8, 4) is 11.5 Å². The number of carbonyl (C=O) groups is 1. The Bertz CT molecular complexity index is 1390. The normalized spacial score (nSPS) is 14.0. The van der Waals surface area contributed by atoms with Gasteiger partial charge < -0.3 is 14.2 Å². The zero-order valence-electron chi connectivity index (χ0n) is 18.6. The van der Waals surface area contributed by atoms with Gasteiger partial charge in [-0.2, -0.15) is 0 Å². The van der Waals surface area contributed by atoms with Crippen LogP contribution in [0.25, 0.3) is 6.08 Å². The predicted octanol–water partition coefficient (Wildman–Crippen LogP) is 6.09. The molecular formula is C25H18ClIN2O6. The lowest BCUT2D eigenvalue weighted by Crippen LogP contribution is -2.06. The standard InChI is InChI=1S/C25H18ClIN2O6/c1-14-3-6-17(12-21(14)29(31)32)24-28-20(25(30)35-24)10-16-9-19(27)23(22(11-16)33-2)34-13-15-4-7-18(26)8-5-15/h3-12H,13H2,1-2H3/b20-10-. The average molecular weight is 605 g/mol. The van der Waals surface area contributed by atoms with Crippen molar-refractivity contribution in [3.63, 3.8) is 0 Å². The fourth-order valence-corrected chi connectivity index (χ4v) is 4.24. The number of aliphatic imine (C=N–C) groups is 1. The van der Waals surface area contributed by atoms with E-state index in [1.807, 2.05) is 18.2 Å². The summed E-state index contributed by atoms with van der Waals surface area (Å²) in [6.07, 6.45) is 1.56. The second-order valence-corrected chi connectivity index (χ2v) is 9.14. The fourth-order valence-electron chi connectivity index (χ4n) is 3.33. The summed E-state index contributed by atoms with van der Waals surface area (Å²) >= 11 is 8.06. The van der Waals surface area contributed by atoms with E-state index in [1.165, 1.54) is 13.2 Å². The van der Waals surface area contributed by atoms with E-state index >= 15 is 0 Å². The van der Waals surface area contributed by atoms with Crippen molar-refractivity contribution in [2.45, 2.75) is 13.5 Å². The number of halogens is 2. The highest BCUT2D eigenvalue weighted by Gasteiger charge is 2.26. The van der Waals surface area contributed by atoms with Gasteiger partial charge in [0.2, 0.25) is 5.90 Å². The molecule has 4 rings (SSSR count). The van der Waals surface area contributed by atoms with E-state index < -0.39 is 10.9 Å². The first-order valence-corrected chi connectivity index (χ1v) is 11.7. The van der Waals surface area contributed by atoms with Gasteiger partial charge in [-0.3, -0.25) is 10.1 Å². The maximum Gasteiger partial charge on any atom is 0.363 e. The summed E-state index contributed by atoms with van der Waals surface area (Å²) in [5.41, 5.74) is 2.43. The van der Waals surface area contributed by atoms with E-state index in [0.717, 1.165) is 9.13 Å². The minimum Gasteiger partial charge on any atom is -0.493 e. The zero-order chi connectivity index (χ0) is 25.1. The molecule has 0 fully saturated rings. The number of rotatable bonds is 7. The first-order chi connectivity index (χ1) is 16.7. The summed E-state index contributed by atoms with van der Waals surface area (Å²) < 4.78 is 17.5. The number of esters is 1. The van der Waals surface area contributed by atoms with Gasteiger partial charge in [-0.1, -0.05) is 29.8 Å². The number of ether oxygens (including phenoxy) is 3. The van der Waals surface area contributed by atoms with Crippen LogP contribution in [0.5, 0.6) is 11.5 Å². The number of methoxy groups -OCH3 is 1. The van der Waals surface area contributed by atoms with Crippen LogP contribution >= 0.6 is 34.2 Å². The molecule has 3 aromatic rings. The molecule has 178 valence electrons. The molecule has 0 bridgehead atoms. The Hall–Kier alpha value is -3.44. The van der Waals surface area contributed by atoms with Gasteiger partial charge in [-0.05, 0) is 77.0 Å². The van der Waals surface area contributed by atoms with E-state index in [0.29, 0.717) is 39.8 Å². The number of carbonyl (C=O) groups excluding carboxylic acids is 1. The average Bonchev–Trinajstić information content (AvgIpc) is 3.19. The highest BCUT2D eigenvalue weighted by atomic mass is 127. The number of hydrogen-bond donors (Lipinski definition) is 0. The van der Waals surface area contributed by atoms with Gasteiger partial charge in [-0.15, -0.1) is 0 Å². The number of cyclic esters (lactones) is 1. The van der Waals surface area contributed by atoms with Crippen molar-refractivity contribution in [2.24, 2.45) is 4.99 Å². The van der Waals surface area contributed by atoms with E-state index in [2.05, 4.69) is 27.6 Å². The van der Waals surface area contributed by atoms with Crippen LogP contribution in [0.15, 0.2) is 65.3 Å². The number of benzene rings is 3. The Morgan fingerprint density at radius 2 is 1.91 bits per heavy atom. The number of nitro groups is 1. The Kier molecular flexibility index (Phi) is 7.37. The smallest absolute Gasteiger partial charge is 0.363 e. The molecule has 0 saturated carbocycles. The third-order valence-electron chi connectivity index (χ3n) is 5.12. The van der Waals surface area contributed by atoms with Gasteiger partial charge in [-0.25, -0.2) is 9.79 Å². The molecule has 0 N–H and O–H groups in total. The highest BCUT2D eigenvalue weighted by molar-refractivity contribution is 14.1. The van der Waals surface area contributed by atoms with Crippen LogP contribution in [0, 0.1) is 20.6 Å². The van der Waals surface area contributed by atoms with Gasteiger partial charge in [0, 0.05) is 22.2 Å². The van der Waals surface area contributed by atoms with Crippen molar-refractivity contribution < 1.29 is 23.9 Å². The van der Waals surface area contributed by atoms with E-state index in [4.69, 9.17) is 25.8 Å². The molecule has 0 unspecified atom stereocenters. The number of aryl methyl sites for hydroxylation is 1. The maximum absolute atomic E-state index is 12.4. The lowest BCUT2D eigenvalue weighted by atomic mass is 10.1. The van der Waals surface area contributed by atoms with E-state index in [9.17, 15) is 14.9 Å². The Morgan fingerprint density at radius 1 is 1.17 bits per heavy atom. The summed E-state index contributed by atoms with van der Waals surface area (Å²) in [4.78, 5) is 27.4. The molecule has 35 heavy (non-hydrogen) atoms. The highest BCUT2D eigenvalue weighted by Crippen LogP contribution is 2.36. The molecule has 0 saturated heterocycles. The molecule has 1 aliphatic heterocycles. The van der Waals surface area contributed by atoms with Crippen molar-refractivity contribution >= 4 is 57.8 Å². The largest absolute Gasteiger partial charge is 0.493 e. The molecule has 1 aliphatic rings. The van der Waals surface area contributed by atoms with Crippen LogP contribution in [0.2, 0.25) is 5.02 Å². The fraction of sp³-hybridized carbons (Fsp3) is 0.120. The summed E-state index contributed by atoms with van der Waals surface area (Å²) in [5, 5.41) is 11.9. The van der Waals surface area contributed by atoms with Crippen molar-refractivity contribution in [2.75, 3.05) is 7.11 Å². The first kappa shape index (κ1) is 24.7. The van der Waals surface area contributed by atoms with Gasteiger partial charge >= 0.3 is 5.97 Å². The third kappa shape index (κ3) is 5.63. The van der Waals surface area contributed by atoms with E-state index in [-0.39, 0.29) is 17.3 Å². The number of nitrogens with zero attached hydrogens (tertiary/aromatic N) is 2. The number of hydrogen-bond acceptors (Lipinski definition) is 7. The SMILES string of the molecule is COc1cc(/C=C2\N=C(c3ccc(C)c([N+](=O)[O-])c3)OC2=O)cc(I)c1OCc1ccc(Cl)cc1. The predicted molar refractivity (Wildman–Crippen MR) is 140 cm³/mol. The Balaban J connectivity index is 1.60. The maximum atomic E-state index is 12.4. The van der Waals surface area contributed by atoms with Crippen LogP contribution in [0.1, 0.15) is 22.3 Å². The molecule has 0 aromatic heterocycles. The van der Waals surface area contributed by atoms with Crippen LogP contribution in [-0.2, 0) is 16.1 Å². The molecule has 8 nitrogen and oxygen atoms in total.